The molecule has 0 aliphatic rings. The van der Waals surface area contributed by atoms with Crippen molar-refractivity contribution in [1.82, 2.24) is 0 Å². The molecule has 0 amide bonds. The summed E-state index contributed by atoms with van der Waals surface area (Å²) < 4.78 is 9.62. The van der Waals surface area contributed by atoms with E-state index in [1.165, 1.54) is 0 Å². The van der Waals surface area contributed by atoms with Crippen molar-refractivity contribution >= 4 is 17.6 Å². The molecule has 0 rings (SSSR count). The van der Waals surface area contributed by atoms with Gasteiger partial charge in [-0.25, -0.2) is 0 Å². The summed E-state index contributed by atoms with van der Waals surface area (Å²) in [6, 6.07) is 0. The number of ether oxygens (including phenoxy) is 2. The van der Waals surface area contributed by atoms with Gasteiger partial charge in [-0.2, -0.15) is 0 Å². The van der Waals surface area contributed by atoms with E-state index in [0.717, 1.165) is 0 Å². The molecule has 0 atom stereocenters. The van der Waals surface area contributed by atoms with Crippen LogP contribution >= 0.6 is 0 Å². The van der Waals surface area contributed by atoms with E-state index in [0.29, 0.717) is 0 Å². The molecule has 0 fully saturated rings. The minimum atomic E-state index is -0.741. The quantitative estimate of drug-likeness (QED) is 0.325. The van der Waals surface area contributed by atoms with Crippen LogP contribution in [0.3, 0.4) is 0 Å². The predicted molar refractivity (Wildman–Crippen MR) is 48.3 cm³/mol. The van der Waals surface area contributed by atoms with Crippen LogP contribution in [0.2, 0.25) is 0 Å². The van der Waals surface area contributed by atoms with Crippen LogP contribution in [0.4, 0.5) is 0 Å². The zero-order valence-electron chi connectivity index (χ0n) is 6.27. The van der Waals surface area contributed by atoms with E-state index in [1.54, 1.807) is 0 Å². The summed E-state index contributed by atoms with van der Waals surface area (Å²) in [6.07, 6.45) is -0.741. The molecule has 0 aromatic heterocycles. The first-order valence-corrected chi connectivity index (χ1v) is 3.41. The summed E-state index contributed by atoms with van der Waals surface area (Å²) in [5.74, 6) is 0. The second-order valence-electron chi connectivity index (χ2n) is 1.80. The second kappa shape index (κ2) is 11.3. The molecule has 0 radical (unpaired) electrons. The van der Waals surface area contributed by atoms with Crippen LogP contribution < -0.4 is 0 Å². The SMILES string of the molecule is OCCOC(CO)OCCO.[GeH4]. The van der Waals surface area contributed by atoms with Gasteiger partial charge in [-0.15, -0.1) is 0 Å². The molecule has 0 saturated carbocycles. The van der Waals surface area contributed by atoms with E-state index in [1.807, 2.05) is 0 Å². The molecule has 76 valence electrons. The van der Waals surface area contributed by atoms with Gasteiger partial charge in [-0.05, 0) is 0 Å². The molecule has 0 spiro atoms. The van der Waals surface area contributed by atoms with Crippen molar-refractivity contribution in [2.75, 3.05) is 33.0 Å². The van der Waals surface area contributed by atoms with Crippen molar-refractivity contribution in [1.29, 1.82) is 0 Å². The van der Waals surface area contributed by atoms with Gasteiger partial charge in [0.05, 0.1) is 33.0 Å². The zero-order valence-corrected chi connectivity index (χ0v) is 6.27. The van der Waals surface area contributed by atoms with Crippen molar-refractivity contribution in [3.8, 4) is 0 Å². The first kappa shape index (κ1) is 14.8. The molecule has 0 unspecified atom stereocenters. The Hall–Kier alpha value is 0.343. The first-order valence-electron chi connectivity index (χ1n) is 3.41. The summed E-state index contributed by atoms with van der Waals surface area (Å²) in [5.41, 5.74) is 0. The van der Waals surface area contributed by atoms with E-state index in [2.05, 4.69) is 0 Å². The Morgan fingerprint density at radius 3 is 1.58 bits per heavy atom. The molecule has 12 heavy (non-hydrogen) atoms. The van der Waals surface area contributed by atoms with Crippen LogP contribution in [0.5, 0.6) is 0 Å². The molecule has 0 saturated heterocycles. The maximum atomic E-state index is 8.57. The van der Waals surface area contributed by atoms with Crippen LogP contribution in [0.25, 0.3) is 0 Å². The fourth-order valence-electron chi connectivity index (χ4n) is 0.522. The summed E-state index contributed by atoms with van der Waals surface area (Å²) >= 11 is 0. The number of rotatable bonds is 7. The summed E-state index contributed by atoms with van der Waals surface area (Å²) in [5, 5.41) is 25.2. The van der Waals surface area contributed by atoms with Crippen LogP contribution in [-0.2, 0) is 9.47 Å². The Morgan fingerprint density at radius 2 is 1.33 bits per heavy atom. The Balaban J connectivity index is 0. The molecular weight excluding hydrogens is 225 g/mol. The molecule has 0 aliphatic heterocycles. The zero-order chi connectivity index (χ0) is 8.53. The summed E-state index contributed by atoms with van der Waals surface area (Å²) in [7, 11) is 0. The Kier molecular flexibility index (Phi) is 14.0. The van der Waals surface area contributed by atoms with Gasteiger partial charge in [0.25, 0.3) is 0 Å². The van der Waals surface area contributed by atoms with E-state index in [-0.39, 0.29) is 50.6 Å². The van der Waals surface area contributed by atoms with Crippen molar-refractivity contribution in [3.05, 3.63) is 0 Å². The standard InChI is InChI=1S/C6H14O5.GeH4/c7-1-3-10-6(5-9)11-4-2-8;/h6-9H,1-5H2;1H4. The minimum absolute atomic E-state index is 0. The molecule has 3 N–H and O–H groups in total. The van der Waals surface area contributed by atoms with Crippen LogP contribution in [0.1, 0.15) is 0 Å². The van der Waals surface area contributed by atoms with Crippen molar-refractivity contribution in [2.24, 2.45) is 0 Å². The van der Waals surface area contributed by atoms with Crippen LogP contribution in [-0.4, -0.2) is 72.2 Å². The molecule has 0 heterocycles. The van der Waals surface area contributed by atoms with E-state index in [9.17, 15) is 0 Å². The first-order chi connectivity index (χ1) is 5.35. The molecule has 0 bridgehead atoms. The van der Waals surface area contributed by atoms with Crippen molar-refractivity contribution in [2.45, 2.75) is 6.29 Å². The van der Waals surface area contributed by atoms with Gasteiger partial charge in [0.15, 0.2) is 6.29 Å². The Bertz CT molecular complexity index is 74.3. The van der Waals surface area contributed by atoms with Crippen molar-refractivity contribution in [3.63, 3.8) is 0 Å². The van der Waals surface area contributed by atoms with Gasteiger partial charge in [0.2, 0.25) is 0 Å². The molecule has 0 aliphatic carbocycles. The number of hydrogen-bond acceptors (Lipinski definition) is 5. The third kappa shape index (κ3) is 8.44. The van der Waals surface area contributed by atoms with Gasteiger partial charge in [0.1, 0.15) is 0 Å². The third-order valence-corrected chi connectivity index (χ3v) is 0.939. The molecule has 6 heteroatoms. The van der Waals surface area contributed by atoms with Crippen molar-refractivity contribution < 1.29 is 24.8 Å². The molecule has 0 aromatic rings. The summed E-state index contributed by atoms with van der Waals surface area (Å²) in [6.45, 7) is -0.259. The number of aliphatic hydroxyl groups is 3. The van der Waals surface area contributed by atoms with E-state index < -0.39 is 6.29 Å². The van der Waals surface area contributed by atoms with E-state index in [4.69, 9.17) is 24.8 Å². The molecule has 5 nitrogen and oxygen atoms in total. The number of hydrogen-bond donors (Lipinski definition) is 3. The van der Waals surface area contributed by atoms with Crippen LogP contribution in [0, 0.1) is 0 Å². The monoisotopic (exact) mass is 244 g/mol. The fourth-order valence-corrected chi connectivity index (χ4v) is 0.522. The van der Waals surface area contributed by atoms with Crippen LogP contribution in [0.15, 0.2) is 0 Å². The second-order valence-corrected chi connectivity index (χ2v) is 1.80. The van der Waals surface area contributed by atoms with Gasteiger partial charge < -0.3 is 24.8 Å². The predicted octanol–water partition coefficient (Wildman–Crippen LogP) is -3.13. The topological polar surface area (TPSA) is 79.2 Å². The van der Waals surface area contributed by atoms with Gasteiger partial charge >= 0.3 is 17.6 Å². The van der Waals surface area contributed by atoms with E-state index >= 15 is 0 Å². The third-order valence-electron chi connectivity index (χ3n) is 0.939. The molecular formula is C6H18GeO5. The number of aliphatic hydroxyl groups excluding tert-OH is 3. The maximum absolute atomic E-state index is 8.57. The van der Waals surface area contributed by atoms with Gasteiger partial charge in [0, 0.05) is 0 Å². The Morgan fingerprint density at radius 1 is 0.917 bits per heavy atom. The normalized spacial score (nSPS) is 10.0. The Labute approximate surface area is 82.3 Å². The average molecular weight is 243 g/mol. The van der Waals surface area contributed by atoms with Gasteiger partial charge in [-0.3, -0.25) is 0 Å². The average Bonchev–Trinajstić information content (AvgIpc) is 2.05. The fraction of sp³-hybridized carbons (Fsp3) is 1.00. The molecule has 0 aromatic carbocycles. The van der Waals surface area contributed by atoms with Gasteiger partial charge in [-0.1, -0.05) is 0 Å². The summed E-state index contributed by atoms with van der Waals surface area (Å²) in [4.78, 5) is 0.